The Morgan fingerprint density at radius 2 is 1.75 bits per heavy atom. The molecular formula is C10H19N5S. The molecule has 1 aromatic heterocycles. The quantitative estimate of drug-likeness (QED) is 0.689. The van der Waals surface area contributed by atoms with Gasteiger partial charge in [0.15, 0.2) is 0 Å². The van der Waals surface area contributed by atoms with E-state index in [4.69, 9.17) is 0 Å². The Morgan fingerprint density at radius 1 is 1.12 bits per heavy atom. The van der Waals surface area contributed by atoms with Gasteiger partial charge in [-0.1, -0.05) is 0 Å². The van der Waals surface area contributed by atoms with Gasteiger partial charge in [-0.2, -0.15) is 27.6 Å². The largest absolute Gasteiger partial charge is 0.354 e. The molecule has 2 N–H and O–H groups in total. The summed E-state index contributed by atoms with van der Waals surface area (Å²) in [5.74, 6) is 1.87. The van der Waals surface area contributed by atoms with Crippen molar-refractivity contribution < 1.29 is 0 Å². The van der Waals surface area contributed by atoms with Gasteiger partial charge in [0.25, 0.3) is 0 Å². The predicted octanol–water partition coefficient (Wildman–Crippen LogP) is 2.11. The number of thiol groups is 1. The van der Waals surface area contributed by atoms with Crippen LogP contribution < -0.4 is 10.6 Å². The minimum absolute atomic E-state index is 0.00637. The van der Waals surface area contributed by atoms with Crippen LogP contribution in [0.3, 0.4) is 0 Å². The summed E-state index contributed by atoms with van der Waals surface area (Å²) in [6.07, 6.45) is 0. The Bertz CT molecular complexity index is 340. The number of anilines is 2. The smallest absolute Gasteiger partial charge is 0.227 e. The van der Waals surface area contributed by atoms with Gasteiger partial charge in [0.05, 0.1) is 5.25 Å². The fourth-order valence-corrected chi connectivity index (χ4v) is 1.25. The molecule has 90 valence electrons. The van der Waals surface area contributed by atoms with Gasteiger partial charge in [-0.15, -0.1) is 0 Å². The second-order valence-corrected chi connectivity index (χ2v) is 4.62. The summed E-state index contributed by atoms with van der Waals surface area (Å²) < 4.78 is 0. The molecule has 0 aliphatic rings. The molecule has 0 aliphatic heterocycles. The zero-order valence-electron chi connectivity index (χ0n) is 10.2. The van der Waals surface area contributed by atoms with E-state index in [1.807, 2.05) is 27.7 Å². The lowest BCUT2D eigenvalue weighted by Crippen LogP contribution is -2.16. The molecule has 1 aromatic rings. The average molecular weight is 241 g/mol. The summed E-state index contributed by atoms with van der Waals surface area (Å²) in [7, 11) is 0. The van der Waals surface area contributed by atoms with Gasteiger partial charge in [0.1, 0.15) is 5.82 Å². The molecule has 0 fully saturated rings. The second-order valence-electron chi connectivity index (χ2n) is 3.85. The maximum absolute atomic E-state index is 4.33. The summed E-state index contributed by atoms with van der Waals surface area (Å²) in [5, 5.41) is 6.24. The van der Waals surface area contributed by atoms with Gasteiger partial charge in [0, 0.05) is 12.6 Å². The first-order valence-corrected chi connectivity index (χ1v) is 5.99. The summed E-state index contributed by atoms with van der Waals surface area (Å²) >= 11 is 4.33. The van der Waals surface area contributed by atoms with Crippen molar-refractivity contribution >= 4 is 24.5 Å². The highest BCUT2D eigenvalue weighted by atomic mass is 32.1. The molecule has 0 radical (unpaired) electrons. The fourth-order valence-electron chi connectivity index (χ4n) is 1.14. The van der Waals surface area contributed by atoms with Gasteiger partial charge in [-0.25, -0.2) is 0 Å². The van der Waals surface area contributed by atoms with Crippen LogP contribution in [0.5, 0.6) is 0 Å². The van der Waals surface area contributed by atoms with Crippen molar-refractivity contribution in [1.82, 2.24) is 15.0 Å². The zero-order valence-corrected chi connectivity index (χ0v) is 11.0. The lowest BCUT2D eigenvalue weighted by atomic mass is 10.4. The van der Waals surface area contributed by atoms with E-state index in [2.05, 4.69) is 38.2 Å². The monoisotopic (exact) mass is 241 g/mol. The van der Waals surface area contributed by atoms with Crippen LogP contribution in [0.15, 0.2) is 0 Å². The van der Waals surface area contributed by atoms with Crippen molar-refractivity contribution in [3.8, 4) is 0 Å². The molecule has 0 saturated heterocycles. The van der Waals surface area contributed by atoms with Gasteiger partial charge in [-0.05, 0) is 27.7 Å². The van der Waals surface area contributed by atoms with Crippen molar-refractivity contribution in [2.24, 2.45) is 0 Å². The summed E-state index contributed by atoms with van der Waals surface area (Å²) in [6, 6.07) is 0.292. The highest BCUT2D eigenvalue weighted by Crippen LogP contribution is 2.17. The molecule has 0 amide bonds. The SMILES string of the molecule is CCNc1nc(NC(C)C)nc(C(C)S)n1. The molecule has 0 bridgehead atoms. The Balaban J connectivity index is 2.98. The van der Waals surface area contributed by atoms with Crippen LogP contribution in [-0.4, -0.2) is 27.5 Å². The Labute approximate surface area is 102 Å². The maximum atomic E-state index is 4.33. The van der Waals surface area contributed by atoms with Gasteiger partial charge in [-0.3, -0.25) is 0 Å². The van der Waals surface area contributed by atoms with E-state index in [0.29, 0.717) is 23.8 Å². The van der Waals surface area contributed by atoms with Gasteiger partial charge >= 0.3 is 0 Å². The molecule has 16 heavy (non-hydrogen) atoms. The number of nitrogens with zero attached hydrogens (tertiary/aromatic N) is 3. The molecule has 0 aromatic carbocycles. The summed E-state index contributed by atoms with van der Waals surface area (Å²) in [4.78, 5) is 12.9. The molecule has 1 heterocycles. The van der Waals surface area contributed by atoms with E-state index < -0.39 is 0 Å². The molecule has 5 nitrogen and oxygen atoms in total. The number of hydrogen-bond donors (Lipinski definition) is 3. The van der Waals surface area contributed by atoms with Crippen LogP contribution in [0.4, 0.5) is 11.9 Å². The number of hydrogen-bond acceptors (Lipinski definition) is 6. The molecular weight excluding hydrogens is 222 g/mol. The zero-order chi connectivity index (χ0) is 12.1. The predicted molar refractivity (Wildman–Crippen MR) is 70.2 cm³/mol. The van der Waals surface area contributed by atoms with E-state index in [1.54, 1.807) is 0 Å². The summed E-state index contributed by atoms with van der Waals surface area (Å²) in [5.41, 5.74) is 0. The molecule has 1 atom stereocenters. The fraction of sp³-hybridized carbons (Fsp3) is 0.700. The molecule has 1 rings (SSSR count). The molecule has 0 saturated carbocycles. The van der Waals surface area contributed by atoms with Gasteiger partial charge < -0.3 is 10.6 Å². The minimum atomic E-state index is -0.00637. The third-order valence-corrected chi connectivity index (χ3v) is 2.01. The minimum Gasteiger partial charge on any atom is -0.354 e. The van der Waals surface area contributed by atoms with E-state index in [0.717, 1.165) is 6.54 Å². The van der Waals surface area contributed by atoms with E-state index in [9.17, 15) is 0 Å². The van der Waals surface area contributed by atoms with E-state index >= 15 is 0 Å². The van der Waals surface area contributed by atoms with Crippen LogP contribution in [-0.2, 0) is 0 Å². The Morgan fingerprint density at radius 3 is 2.25 bits per heavy atom. The standard InChI is InChI=1S/C10H19N5S/c1-5-11-9-13-8(7(4)16)14-10(15-9)12-6(2)3/h6-7,16H,5H2,1-4H3,(H2,11,12,13,14,15). The lowest BCUT2D eigenvalue weighted by molar-refractivity contribution is 0.835. The lowest BCUT2D eigenvalue weighted by Gasteiger charge is -2.12. The highest BCUT2D eigenvalue weighted by Gasteiger charge is 2.10. The molecule has 1 unspecified atom stereocenters. The van der Waals surface area contributed by atoms with Crippen LogP contribution in [0.2, 0.25) is 0 Å². The number of aromatic nitrogens is 3. The van der Waals surface area contributed by atoms with Gasteiger partial charge in [0.2, 0.25) is 11.9 Å². The first kappa shape index (κ1) is 13.0. The van der Waals surface area contributed by atoms with E-state index in [1.165, 1.54) is 0 Å². The van der Waals surface area contributed by atoms with E-state index in [-0.39, 0.29) is 5.25 Å². The first-order valence-electron chi connectivity index (χ1n) is 5.47. The van der Waals surface area contributed by atoms with Crippen LogP contribution >= 0.6 is 12.6 Å². The summed E-state index contributed by atoms with van der Waals surface area (Å²) in [6.45, 7) is 8.81. The normalized spacial score (nSPS) is 12.6. The second kappa shape index (κ2) is 5.89. The third kappa shape index (κ3) is 3.84. The topological polar surface area (TPSA) is 62.7 Å². The van der Waals surface area contributed by atoms with Crippen LogP contribution in [0.1, 0.15) is 38.8 Å². The molecule has 0 aliphatic carbocycles. The van der Waals surface area contributed by atoms with Crippen molar-refractivity contribution in [2.45, 2.75) is 39.0 Å². The number of nitrogens with one attached hydrogen (secondary N) is 2. The third-order valence-electron chi connectivity index (χ3n) is 1.78. The first-order chi connectivity index (χ1) is 7.52. The van der Waals surface area contributed by atoms with Crippen LogP contribution in [0, 0.1) is 0 Å². The maximum Gasteiger partial charge on any atom is 0.227 e. The number of rotatable bonds is 5. The molecule has 0 spiro atoms. The van der Waals surface area contributed by atoms with Crippen molar-refractivity contribution in [2.75, 3.05) is 17.2 Å². The van der Waals surface area contributed by atoms with Crippen molar-refractivity contribution in [1.29, 1.82) is 0 Å². The van der Waals surface area contributed by atoms with Crippen molar-refractivity contribution in [3.63, 3.8) is 0 Å². The average Bonchev–Trinajstić information content (AvgIpc) is 2.16. The molecule has 6 heteroatoms. The van der Waals surface area contributed by atoms with Crippen LogP contribution in [0.25, 0.3) is 0 Å². The Kier molecular flexibility index (Phi) is 4.79. The highest BCUT2D eigenvalue weighted by molar-refractivity contribution is 7.80. The Hall–Kier alpha value is -1.04. The van der Waals surface area contributed by atoms with Crippen molar-refractivity contribution in [3.05, 3.63) is 5.82 Å².